The first-order valence-corrected chi connectivity index (χ1v) is 7.57. The normalized spacial score (nSPS) is 23.3. The van der Waals surface area contributed by atoms with Gasteiger partial charge in [-0.1, -0.05) is 25.7 Å². The van der Waals surface area contributed by atoms with Gasteiger partial charge in [-0.25, -0.2) is 4.98 Å². The third-order valence-corrected chi connectivity index (χ3v) is 4.84. The molecule has 3 rings (SSSR count). The maximum absolute atomic E-state index is 12.4. The Morgan fingerprint density at radius 3 is 2.58 bits per heavy atom. The standard InChI is InChI=1S/C15H23N3O/c19-14(13-10-16-12-17-13)18-9-5-8-15(11-18)6-3-1-2-4-7-15/h10,12H,1-9,11H2,(H,16,17). The quantitative estimate of drug-likeness (QED) is 0.845. The number of H-pyrrole nitrogens is 1. The molecule has 1 aliphatic carbocycles. The molecule has 1 saturated heterocycles. The molecule has 1 spiro atoms. The number of carbonyl (C=O) groups is 1. The summed E-state index contributed by atoms with van der Waals surface area (Å²) in [7, 11) is 0. The number of rotatable bonds is 1. The van der Waals surface area contributed by atoms with Crippen molar-refractivity contribution in [3.8, 4) is 0 Å². The van der Waals surface area contributed by atoms with E-state index >= 15 is 0 Å². The lowest BCUT2D eigenvalue weighted by atomic mass is 9.74. The Morgan fingerprint density at radius 2 is 1.89 bits per heavy atom. The lowest BCUT2D eigenvalue weighted by Crippen LogP contribution is -2.46. The third-order valence-electron chi connectivity index (χ3n) is 4.84. The first kappa shape index (κ1) is 12.7. The summed E-state index contributed by atoms with van der Waals surface area (Å²) in [4.78, 5) is 21.4. The first-order chi connectivity index (χ1) is 9.29. The molecule has 1 N–H and O–H groups in total. The lowest BCUT2D eigenvalue weighted by Gasteiger charge is -2.42. The summed E-state index contributed by atoms with van der Waals surface area (Å²) in [6.07, 6.45) is 13.7. The van der Waals surface area contributed by atoms with E-state index in [1.54, 1.807) is 12.5 Å². The maximum Gasteiger partial charge on any atom is 0.271 e. The molecule has 2 aliphatic rings. The van der Waals surface area contributed by atoms with Crippen molar-refractivity contribution < 1.29 is 4.79 Å². The zero-order valence-electron chi connectivity index (χ0n) is 11.5. The molecule has 1 aromatic rings. The smallest absolute Gasteiger partial charge is 0.271 e. The van der Waals surface area contributed by atoms with Gasteiger partial charge in [0.1, 0.15) is 5.69 Å². The number of amides is 1. The molecule has 4 nitrogen and oxygen atoms in total. The van der Waals surface area contributed by atoms with E-state index < -0.39 is 0 Å². The van der Waals surface area contributed by atoms with Gasteiger partial charge in [0.25, 0.3) is 5.91 Å². The minimum absolute atomic E-state index is 0.126. The van der Waals surface area contributed by atoms with Crippen LogP contribution in [-0.2, 0) is 0 Å². The van der Waals surface area contributed by atoms with E-state index in [0.717, 1.165) is 19.5 Å². The molecular weight excluding hydrogens is 238 g/mol. The molecule has 0 radical (unpaired) electrons. The minimum atomic E-state index is 0.126. The van der Waals surface area contributed by atoms with Gasteiger partial charge in [-0.2, -0.15) is 0 Å². The summed E-state index contributed by atoms with van der Waals surface area (Å²) in [6.45, 7) is 1.85. The van der Waals surface area contributed by atoms with E-state index in [-0.39, 0.29) is 5.91 Å². The third kappa shape index (κ3) is 2.67. The molecule has 4 heteroatoms. The van der Waals surface area contributed by atoms with Crippen LogP contribution >= 0.6 is 0 Å². The molecule has 0 bridgehead atoms. The number of aromatic nitrogens is 2. The highest BCUT2D eigenvalue weighted by molar-refractivity contribution is 5.92. The predicted molar refractivity (Wildman–Crippen MR) is 73.9 cm³/mol. The van der Waals surface area contributed by atoms with Crippen molar-refractivity contribution in [1.82, 2.24) is 14.9 Å². The van der Waals surface area contributed by atoms with Crippen molar-refractivity contribution >= 4 is 5.91 Å². The van der Waals surface area contributed by atoms with Gasteiger partial charge in [0.2, 0.25) is 0 Å². The van der Waals surface area contributed by atoms with Crippen LogP contribution in [0.25, 0.3) is 0 Å². The summed E-state index contributed by atoms with van der Waals surface area (Å²) in [5.74, 6) is 0.126. The molecule has 1 aliphatic heterocycles. The second kappa shape index (κ2) is 5.35. The number of imidazole rings is 1. The first-order valence-electron chi connectivity index (χ1n) is 7.57. The lowest BCUT2D eigenvalue weighted by molar-refractivity contribution is 0.0460. The van der Waals surface area contributed by atoms with Gasteiger partial charge in [0.15, 0.2) is 0 Å². The molecule has 1 amide bonds. The van der Waals surface area contributed by atoms with Gasteiger partial charge in [-0.15, -0.1) is 0 Å². The Labute approximate surface area is 114 Å². The van der Waals surface area contributed by atoms with Gasteiger partial charge in [-0.3, -0.25) is 4.79 Å². The molecule has 1 aromatic heterocycles. The van der Waals surface area contributed by atoms with Crippen LogP contribution in [0.3, 0.4) is 0 Å². The topological polar surface area (TPSA) is 49.0 Å². The van der Waals surface area contributed by atoms with Crippen LogP contribution in [0.1, 0.15) is 61.9 Å². The number of likely N-dealkylation sites (tertiary alicyclic amines) is 1. The summed E-state index contributed by atoms with van der Waals surface area (Å²) in [5.41, 5.74) is 1.04. The maximum atomic E-state index is 12.4. The number of aromatic amines is 1. The molecule has 0 aromatic carbocycles. The van der Waals surface area contributed by atoms with E-state index in [0.29, 0.717) is 11.1 Å². The number of hydrogen-bond donors (Lipinski definition) is 1. The second-order valence-electron chi connectivity index (χ2n) is 6.21. The Hall–Kier alpha value is -1.32. The van der Waals surface area contributed by atoms with Crippen LogP contribution in [0.4, 0.5) is 0 Å². The Morgan fingerprint density at radius 1 is 1.16 bits per heavy atom. The Balaban J connectivity index is 1.72. The average molecular weight is 261 g/mol. The van der Waals surface area contributed by atoms with Gasteiger partial charge in [0, 0.05) is 13.1 Å². The fourth-order valence-corrected chi connectivity index (χ4v) is 3.81. The number of nitrogens with one attached hydrogen (secondary N) is 1. The largest absolute Gasteiger partial charge is 0.341 e. The summed E-state index contributed by atoms with van der Waals surface area (Å²) < 4.78 is 0. The molecule has 1 saturated carbocycles. The highest BCUT2D eigenvalue weighted by Crippen LogP contribution is 2.42. The highest BCUT2D eigenvalue weighted by atomic mass is 16.2. The van der Waals surface area contributed by atoms with Crippen LogP contribution < -0.4 is 0 Å². The zero-order valence-corrected chi connectivity index (χ0v) is 11.5. The summed E-state index contributed by atoms with van der Waals surface area (Å²) in [5, 5.41) is 0. The van der Waals surface area contributed by atoms with Crippen molar-refractivity contribution in [2.75, 3.05) is 13.1 Å². The monoisotopic (exact) mass is 261 g/mol. The van der Waals surface area contributed by atoms with Crippen molar-refractivity contribution in [2.45, 2.75) is 51.4 Å². The summed E-state index contributed by atoms with van der Waals surface area (Å²) in [6, 6.07) is 0. The number of nitrogens with zero attached hydrogens (tertiary/aromatic N) is 2. The number of carbonyl (C=O) groups excluding carboxylic acids is 1. The molecule has 2 heterocycles. The van der Waals surface area contributed by atoms with E-state index in [1.807, 2.05) is 4.90 Å². The van der Waals surface area contributed by atoms with Crippen LogP contribution in [0, 0.1) is 5.41 Å². The van der Waals surface area contributed by atoms with Gasteiger partial charge >= 0.3 is 0 Å². The van der Waals surface area contributed by atoms with Gasteiger partial charge in [0.05, 0.1) is 12.5 Å². The Kier molecular flexibility index (Phi) is 3.58. The second-order valence-corrected chi connectivity index (χ2v) is 6.21. The van der Waals surface area contributed by atoms with E-state index in [2.05, 4.69) is 9.97 Å². The van der Waals surface area contributed by atoms with Crippen LogP contribution in [0.15, 0.2) is 12.5 Å². The fourth-order valence-electron chi connectivity index (χ4n) is 3.81. The average Bonchev–Trinajstić information content (AvgIpc) is 2.88. The van der Waals surface area contributed by atoms with Gasteiger partial charge in [-0.05, 0) is 31.1 Å². The molecular formula is C15H23N3O. The van der Waals surface area contributed by atoms with Crippen molar-refractivity contribution in [3.63, 3.8) is 0 Å². The van der Waals surface area contributed by atoms with E-state index in [1.165, 1.54) is 44.9 Å². The van der Waals surface area contributed by atoms with Crippen LogP contribution in [-0.4, -0.2) is 33.9 Å². The highest BCUT2D eigenvalue weighted by Gasteiger charge is 2.37. The molecule has 0 atom stereocenters. The fraction of sp³-hybridized carbons (Fsp3) is 0.733. The van der Waals surface area contributed by atoms with Crippen molar-refractivity contribution in [1.29, 1.82) is 0 Å². The molecule has 2 fully saturated rings. The van der Waals surface area contributed by atoms with E-state index in [4.69, 9.17) is 0 Å². The number of piperidine rings is 1. The molecule has 104 valence electrons. The number of hydrogen-bond acceptors (Lipinski definition) is 2. The minimum Gasteiger partial charge on any atom is -0.341 e. The Bertz CT molecular complexity index is 419. The van der Waals surface area contributed by atoms with E-state index in [9.17, 15) is 4.79 Å². The van der Waals surface area contributed by atoms with Crippen molar-refractivity contribution in [3.05, 3.63) is 18.2 Å². The summed E-state index contributed by atoms with van der Waals surface area (Å²) >= 11 is 0. The van der Waals surface area contributed by atoms with Crippen molar-refractivity contribution in [2.24, 2.45) is 5.41 Å². The zero-order chi connectivity index (χ0) is 13.1. The van der Waals surface area contributed by atoms with Crippen LogP contribution in [0.2, 0.25) is 0 Å². The SMILES string of the molecule is O=C(c1cnc[nH]1)N1CCCC2(CCCCCC2)C1. The van der Waals surface area contributed by atoms with Gasteiger partial charge < -0.3 is 9.88 Å². The predicted octanol–water partition coefficient (Wildman–Crippen LogP) is 2.99. The van der Waals surface area contributed by atoms with Crippen LogP contribution in [0.5, 0.6) is 0 Å². The molecule has 19 heavy (non-hydrogen) atoms. The molecule has 0 unspecified atom stereocenters.